The second-order valence-corrected chi connectivity index (χ2v) is 5.84. The first-order chi connectivity index (χ1) is 12.2. The molecular formula is C19H21N3O3. The first-order valence-corrected chi connectivity index (χ1v) is 8.37. The highest BCUT2D eigenvalue weighted by Crippen LogP contribution is 2.19. The minimum Gasteiger partial charge on any atom is -0.494 e. The predicted octanol–water partition coefficient (Wildman–Crippen LogP) is 3.01. The number of hydrogen-bond acceptors (Lipinski definition) is 4. The van der Waals surface area contributed by atoms with E-state index in [0.717, 1.165) is 29.5 Å². The van der Waals surface area contributed by atoms with Crippen LogP contribution in [0.1, 0.15) is 25.3 Å². The molecule has 3 rings (SSSR count). The van der Waals surface area contributed by atoms with Crippen LogP contribution >= 0.6 is 0 Å². The molecule has 0 fully saturated rings. The zero-order valence-corrected chi connectivity index (χ0v) is 14.1. The maximum atomic E-state index is 12.2. The van der Waals surface area contributed by atoms with Crippen molar-refractivity contribution < 1.29 is 4.74 Å². The average molecular weight is 339 g/mol. The molecule has 2 aromatic heterocycles. The Morgan fingerprint density at radius 3 is 2.80 bits per heavy atom. The van der Waals surface area contributed by atoms with Gasteiger partial charge in [0.2, 0.25) is 0 Å². The van der Waals surface area contributed by atoms with E-state index in [9.17, 15) is 9.59 Å². The second kappa shape index (κ2) is 7.70. The number of nitrogens with one attached hydrogen (secondary N) is 3. The number of H-pyrrole nitrogens is 2. The molecule has 0 aliphatic rings. The van der Waals surface area contributed by atoms with Crippen LogP contribution in [0.15, 0.2) is 52.2 Å². The molecule has 25 heavy (non-hydrogen) atoms. The molecule has 3 N–H and O–H groups in total. The Morgan fingerprint density at radius 2 is 2.00 bits per heavy atom. The third kappa shape index (κ3) is 4.09. The molecule has 0 amide bonds. The predicted molar refractivity (Wildman–Crippen MR) is 99.4 cm³/mol. The number of fused-ring (bicyclic) bond motifs is 1. The van der Waals surface area contributed by atoms with Crippen molar-refractivity contribution in [1.82, 2.24) is 9.97 Å². The monoisotopic (exact) mass is 339 g/mol. The number of benzene rings is 1. The van der Waals surface area contributed by atoms with E-state index < -0.39 is 0 Å². The van der Waals surface area contributed by atoms with Crippen LogP contribution in [0.3, 0.4) is 0 Å². The number of aromatic nitrogens is 2. The highest BCUT2D eigenvalue weighted by molar-refractivity contribution is 5.80. The van der Waals surface area contributed by atoms with Crippen LogP contribution in [0.25, 0.3) is 10.9 Å². The Labute approximate surface area is 144 Å². The summed E-state index contributed by atoms with van der Waals surface area (Å²) in [7, 11) is 0. The molecule has 0 radical (unpaired) electrons. The van der Waals surface area contributed by atoms with Gasteiger partial charge in [-0.25, -0.2) is 0 Å². The third-order valence-corrected chi connectivity index (χ3v) is 3.95. The van der Waals surface area contributed by atoms with Crippen LogP contribution in [0.4, 0.5) is 5.69 Å². The van der Waals surface area contributed by atoms with Gasteiger partial charge in [0.15, 0.2) is 0 Å². The van der Waals surface area contributed by atoms with Gasteiger partial charge in [0.05, 0.1) is 6.61 Å². The van der Waals surface area contributed by atoms with Crippen LogP contribution in [-0.2, 0) is 6.54 Å². The van der Waals surface area contributed by atoms with E-state index in [2.05, 4.69) is 22.2 Å². The third-order valence-electron chi connectivity index (χ3n) is 3.95. The molecule has 0 aliphatic heterocycles. The van der Waals surface area contributed by atoms with Crippen molar-refractivity contribution in [3.63, 3.8) is 0 Å². The molecule has 1 aromatic carbocycles. The minimum absolute atomic E-state index is 0.174. The zero-order valence-electron chi connectivity index (χ0n) is 14.1. The van der Waals surface area contributed by atoms with Gasteiger partial charge >= 0.3 is 0 Å². The van der Waals surface area contributed by atoms with Crippen LogP contribution in [0.5, 0.6) is 5.75 Å². The molecule has 0 unspecified atom stereocenters. The highest BCUT2D eigenvalue weighted by Gasteiger charge is 2.06. The first-order valence-electron chi connectivity index (χ1n) is 8.37. The van der Waals surface area contributed by atoms with E-state index in [4.69, 9.17) is 4.74 Å². The molecule has 0 atom stereocenters. The summed E-state index contributed by atoms with van der Waals surface area (Å²) in [6.45, 7) is 3.06. The lowest BCUT2D eigenvalue weighted by Gasteiger charge is -2.09. The highest BCUT2D eigenvalue weighted by atomic mass is 16.5. The van der Waals surface area contributed by atoms with E-state index in [0.29, 0.717) is 17.9 Å². The van der Waals surface area contributed by atoms with Gasteiger partial charge < -0.3 is 20.0 Å². The fourth-order valence-electron chi connectivity index (χ4n) is 2.54. The number of hydrogen-bond donors (Lipinski definition) is 3. The number of anilines is 1. The maximum absolute atomic E-state index is 12.2. The fraction of sp³-hybridized carbons (Fsp3) is 0.263. The lowest BCUT2D eigenvalue weighted by atomic mass is 10.1. The van der Waals surface area contributed by atoms with Gasteiger partial charge in [-0.05, 0) is 42.8 Å². The fourth-order valence-corrected chi connectivity index (χ4v) is 2.54. The number of rotatable bonds is 7. The summed E-state index contributed by atoms with van der Waals surface area (Å²) >= 11 is 0. The first kappa shape index (κ1) is 16.8. The Kier molecular flexibility index (Phi) is 5.18. The van der Waals surface area contributed by atoms with Crippen molar-refractivity contribution in [2.24, 2.45) is 0 Å². The molecule has 0 bridgehead atoms. The van der Waals surface area contributed by atoms with Crippen molar-refractivity contribution in [2.75, 3.05) is 11.9 Å². The van der Waals surface area contributed by atoms with E-state index >= 15 is 0 Å². The molecule has 0 saturated heterocycles. The number of ether oxygens (including phenoxy) is 1. The summed E-state index contributed by atoms with van der Waals surface area (Å²) in [5, 5.41) is 3.89. The summed E-state index contributed by atoms with van der Waals surface area (Å²) in [5.41, 5.74) is 1.35. The maximum Gasteiger partial charge on any atom is 0.271 e. The van der Waals surface area contributed by atoms with Gasteiger partial charge in [-0.1, -0.05) is 13.3 Å². The van der Waals surface area contributed by atoms with Gasteiger partial charge in [0, 0.05) is 29.2 Å². The Bertz CT molecular complexity index is 975. The lowest BCUT2D eigenvalue weighted by molar-refractivity contribution is 0.310. The van der Waals surface area contributed by atoms with Crippen LogP contribution in [0, 0.1) is 0 Å². The smallest absolute Gasteiger partial charge is 0.271 e. The molecule has 3 aromatic rings. The van der Waals surface area contributed by atoms with Crippen molar-refractivity contribution in [3.8, 4) is 5.75 Å². The van der Waals surface area contributed by atoms with E-state index in [1.54, 1.807) is 18.3 Å². The summed E-state index contributed by atoms with van der Waals surface area (Å²) in [6, 6.07) is 10.8. The Morgan fingerprint density at radius 1 is 1.12 bits per heavy atom. The van der Waals surface area contributed by atoms with Gasteiger partial charge in [0.25, 0.3) is 11.1 Å². The standard InChI is InChI=1S/C19H21N3O3/c1-2-3-9-25-15-6-7-16-13(11-15)10-14(18(23)22-16)12-21-17-5-4-8-20-19(17)24/h4-8,10-11,21H,2-3,9,12H2,1H3,(H,20,24)(H,22,23). The molecular weight excluding hydrogens is 318 g/mol. The average Bonchev–Trinajstić information content (AvgIpc) is 2.61. The number of aromatic amines is 2. The molecule has 0 saturated carbocycles. The topological polar surface area (TPSA) is 87.0 Å². The SMILES string of the molecule is CCCCOc1ccc2[nH]c(=O)c(CNc3ccc[nH]c3=O)cc2c1. The second-order valence-electron chi connectivity index (χ2n) is 5.84. The van der Waals surface area contributed by atoms with Crippen molar-refractivity contribution >= 4 is 16.6 Å². The zero-order chi connectivity index (χ0) is 17.6. The molecule has 6 heteroatoms. The summed E-state index contributed by atoms with van der Waals surface area (Å²) < 4.78 is 5.72. The molecule has 6 nitrogen and oxygen atoms in total. The number of unbranched alkanes of at least 4 members (excludes halogenated alkanes) is 1. The van der Waals surface area contributed by atoms with Crippen molar-refractivity contribution in [3.05, 3.63) is 68.9 Å². The molecule has 0 spiro atoms. The lowest BCUT2D eigenvalue weighted by Crippen LogP contribution is -2.18. The van der Waals surface area contributed by atoms with Gasteiger partial charge in [-0.15, -0.1) is 0 Å². The summed E-state index contributed by atoms with van der Waals surface area (Å²) in [4.78, 5) is 29.4. The molecule has 2 heterocycles. The van der Waals surface area contributed by atoms with Crippen molar-refractivity contribution in [1.29, 1.82) is 0 Å². The van der Waals surface area contributed by atoms with E-state index in [1.165, 1.54) is 0 Å². The van der Waals surface area contributed by atoms with Gasteiger partial charge in [-0.2, -0.15) is 0 Å². The van der Waals surface area contributed by atoms with Gasteiger partial charge in [0.1, 0.15) is 11.4 Å². The van der Waals surface area contributed by atoms with Crippen LogP contribution < -0.4 is 21.2 Å². The summed E-state index contributed by atoms with van der Waals surface area (Å²) in [6.07, 6.45) is 3.65. The normalized spacial score (nSPS) is 10.8. The Balaban J connectivity index is 1.82. The van der Waals surface area contributed by atoms with Crippen molar-refractivity contribution in [2.45, 2.75) is 26.3 Å². The Hall–Kier alpha value is -3.02. The van der Waals surface area contributed by atoms with E-state index in [-0.39, 0.29) is 17.7 Å². The van der Waals surface area contributed by atoms with Crippen LogP contribution in [0.2, 0.25) is 0 Å². The van der Waals surface area contributed by atoms with E-state index in [1.807, 2.05) is 24.3 Å². The van der Waals surface area contributed by atoms with Gasteiger partial charge in [-0.3, -0.25) is 9.59 Å². The molecule has 130 valence electrons. The number of pyridine rings is 2. The van der Waals surface area contributed by atoms with Crippen LogP contribution in [-0.4, -0.2) is 16.6 Å². The summed E-state index contributed by atoms with van der Waals surface area (Å²) in [5.74, 6) is 0.784. The quantitative estimate of drug-likeness (QED) is 0.578. The molecule has 0 aliphatic carbocycles. The minimum atomic E-state index is -0.216. The largest absolute Gasteiger partial charge is 0.494 e.